The van der Waals surface area contributed by atoms with Crippen LogP contribution in [-0.2, 0) is 9.53 Å². The summed E-state index contributed by atoms with van der Waals surface area (Å²) >= 11 is 5.74. The van der Waals surface area contributed by atoms with Crippen molar-refractivity contribution < 1.29 is 18.7 Å². The molecule has 0 aliphatic heterocycles. The molecule has 0 fully saturated rings. The minimum absolute atomic E-state index is 0.0646. The maximum absolute atomic E-state index is 13.5. The van der Waals surface area contributed by atoms with Gasteiger partial charge in [-0.2, -0.15) is 0 Å². The predicted octanol–water partition coefficient (Wildman–Crippen LogP) is 3.89. The van der Waals surface area contributed by atoms with Crippen LogP contribution in [0.15, 0.2) is 36.4 Å². The SMILES string of the molecule is Cc1cccc(C(=O)OCC(=O)Nc2cc(Cl)ccc2F)c1C. The van der Waals surface area contributed by atoms with Gasteiger partial charge in [0.2, 0.25) is 0 Å². The van der Waals surface area contributed by atoms with E-state index in [-0.39, 0.29) is 10.7 Å². The number of halogens is 2. The highest BCUT2D eigenvalue weighted by Gasteiger charge is 2.14. The van der Waals surface area contributed by atoms with E-state index < -0.39 is 24.3 Å². The maximum Gasteiger partial charge on any atom is 0.338 e. The molecule has 0 atom stereocenters. The molecule has 2 aromatic rings. The van der Waals surface area contributed by atoms with E-state index in [0.29, 0.717) is 5.56 Å². The number of ether oxygens (including phenoxy) is 1. The third kappa shape index (κ3) is 4.29. The molecule has 6 heteroatoms. The van der Waals surface area contributed by atoms with Crippen LogP contribution in [0.3, 0.4) is 0 Å². The summed E-state index contributed by atoms with van der Waals surface area (Å²) in [5.74, 6) is -1.87. The zero-order chi connectivity index (χ0) is 17.0. The van der Waals surface area contributed by atoms with Gasteiger partial charge in [0.25, 0.3) is 5.91 Å². The number of carbonyl (C=O) groups is 2. The fourth-order valence-electron chi connectivity index (χ4n) is 1.96. The predicted molar refractivity (Wildman–Crippen MR) is 86.2 cm³/mol. The molecule has 0 unspecified atom stereocenters. The van der Waals surface area contributed by atoms with E-state index in [4.69, 9.17) is 16.3 Å². The average Bonchev–Trinajstić information content (AvgIpc) is 2.51. The van der Waals surface area contributed by atoms with Crippen LogP contribution in [0.25, 0.3) is 0 Å². The smallest absolute Gasteiger partial charge is 0.338 e. The topological polar surface area (TPSA) is 55.4 Å². The van der Waals surface area contributed by atoms with Crippen LogP contribution in [0, 0.1) is 19.7 Å². The van der Waals surface area contributed by atoms with E-state index in [1.165, 1.54) is 12.1 Å². The number of benzene rings is 2. The van der Waals surface area contributed by atoms with Crippen LogP contribution in [-0.4, -0.2) is 18.5 Å². The molecule has 0 saturated heterocycles. The van der Waals surface area contributed by atoms with Crippen LogP contribution in [0.5, 0.6) is 0 Å². The van der Waals surface area contributed by atoms with E-state index in [9.17, 15) is 14.0 Å². The summed E-state index contributed by atoms with van der Waals surface area (Å²) in [5, 5.41) is 2.59. The zero-order valence-corrected chi connectivity index (χ0v) is 13.4. The van der Waals surface area contributed by atoms with Gasteiger partial charge in [0, 0.05) is 5.02 Å². The molecule has 0 aliphatic rings. The standard InChI is InChI=1S/C17H15ClFNO3/c1-10-4-3-5-13(11(10)2)17(22)23-9-16(21)20-15-8-12(18)6-7-14(15)19/h3-8H,9H2,1-2H3,(H,20,21). The molecular weight excluding hydrogens is 321 g/mol. The van der Waals surface area contributed by atoms with Crippen molar-refractivity contribution in [3.63, 3.8) is 0 Å². The Kier molecular flexibility index (Phi) is 5.34. The van der Waals surface area contributed by atoms with Gasteiger partial charge in [-0.3, -0.25) is 4.79 Å². The van der Waals surface area contributed by atoms with Gasteiger partial charge in [0.1, 0.15) is 5.82 Å². The molecule has 120 valence electrons. The summed E-state index contributed by atoms with van der Waals surface area (Å²) in [6.45, 7) is 3.16. The summed E-state index contributed by atoms with van der Waals surface area (Å²) in [4.78, 5) is 23.8. The van der Waals surface area contributed by atoms with Crippen molar-refractivity contribution in [2.45, 2.75) is 13.8 Å². The molecule has 0 aliphatic carbocycles. The van der Waals surface area contributed by atoms with Crippen LogP contribution in [0.2, 0.25) is 5.02 Å². The number of hydrogen-bond acceptors (Lipinski definition) is 3. The molecule has 0 saturated carbocycles. The molecule has 23 heavy (non-hydrogen) atoms. The Labute approximate surface area is 138 Å². The minimum atomic E-state index is -0.648. The van der Waals surface area contributed by atoms with Crippen molar-refractivity contribution in [1.29, 1.82) is 0 Å². The lowest BCUT2D eigenvalue weighted by molar-refractivity contribution is -0.119. The van der Waals surface area contributed by atoms with Gasteiger partial charge < -0.3 is 10.1 Å². The molecule has 0 radical (unpaired) electrons. The molecule has 0 aromatic heterocycles. The monoisotopic (exact) mass is 335 g/mol. The molecule has 0 bridgehead atoms. The number of aryl methyl sites for hydroxylation is 1. The summed E-state index contributed by atoms with van der Waals surface area (Å²) < 4.78 is 18.5. The fourth-order valence-corrected chi connectivity index (χ4v) is 2.13. The number of hydrogen-bond donors (Lipinski definition) is 1. The molecule has 4 nitrogen and oxygen atoms in total. The average molecular weight is 336 g/mol. The van der Waals surface area contributed by atoms with E-state index >= 15 is 0 Å². The lowest BCUT2D eigenvalue weighted by Gasteiger charge is -2.10. The Bertz CT molecular complexity index is 761. The van der Waals surface area contributed by atoms with E-state index in [1.807, 2.05) is 13.0 Å². The second-order valence-electron chi connectivity index (χ2n) is 5.00. The van der Waals surface area contributed by atoms with Crippen LogP contribution < -0.4 is 5.32 Å². The summed E-state index contributed by atoms with van der Waals surface area (Å²) in [6, 6.07) is 9.02. The molecule has 2 rings (SSSR count). The molecular formula is C17H15ClFNO3. The van der Waals surface area contributed by atoms with Crippen molar-refractivity contribution in [1.82, 2.24) is 0 Å². The van der Waals surface area contributed by atoms with E-state index in [2.05, 4.69) is 5.32 Å². The molecule has 2 aromatic carbocycles. The first kappa shape index (κ1) is 17.0. The van der Waals surface area contributed by atoms with Gasteiger partial charge in [0.05, 0.1) is 11.3 Å². The van der Waals surface area contributed by atoms with Crippen LogP contribution >= 0.6 is 11.6 Å². The number of esters is 1. The largest absolute Gasteiger partial charge is 0.452 e. The fraction of sp³-hybridized carbons (Fsp3) is 0.176. The van der Waals surface area contributed by atoms with Gasteiger partial charge in [-0.05, 0) is 49.2 Å². The van der Waals surface area contributed by atoms with Gasteiger partial charge >= 0.3 is 5.97 Å². The van der Waals surface area contributed by atoms with Crippen LogP contribution in [0.4, 0.5) is 10.1 Å². The minimum Gasteiger partial charge on any atom is -0.452 e. The van der Waals surface area contributed by atoms with Crippen molar-refractivity contribution in [2.24, 2.45) is 0 Å². The molecule has 1 amide bonds. The Morgan fingerprint density at radius 2 is 1.96 bits per heavy atom. The first-order valence-electron chi connectivity index (χ1n) is 6.86. The number of rotatable bonds is 4. The Morgan fingerprint density at radius 1 is 1.22 bits per heavy atom. The van der Waals surface area contributed by atoms with Gasteiger partial charge in [-0.25, -0.2) is 9.18 Å². The number of carbonyl (C=O) groups excluding carboxylic acids is 2. The first-order chi connectivity index (χ1) is 10.9. The lowest BCUT2D eigenvalue weighted by Crippen LogP contribution is -2.21. The number of anilines is 1. The highest BCUT2D eigenvalue weighted by molar-refractivity contribution is 6.30. The number of nitrogens with one attached hydrogen (secondary N) is 1. The zero-order valence-electron chi connectivity index (χ0n) is 12.7. The third-order valence-corrected chi connectivity index (χ3v) is 3.60. The maximum atomic E-state index is 13.5. The van der Waals surface area contributed by atoms with E-state index in [1.54, 1.807) is 19.1 Å². The van der Waals surface area contributed by atoms with Gasteiger partial charge in [-0.15, -0.1) is 0 Å². The van der Waals surface area contributed by atoms with Crippen molar-refractivity contribution in [2.75, 3.05) is 11.9 Å². The molecule has 1 N–H and O–H groups in total. The molecule has 0 spiro atoms. The Balaban J connectivity index is 1.98. The van der Waals surface area contributed by atoms with Crippen molar-refractivity contribution >= 4 is 29.2 Å². The first-order valence-corrected chi connectivity index (χ1v) is 7.24. The van der Waals surface area contributed by atoms with Gasteiger partial charge in [-0.1, -0.05) is 23.7 Å². The van der Waals surface area contributed by atoms with Crippen molar-refractivity contribution in [3.8, 4) is 0 Å². The Morgan fingerprint density at radius 3 is 2.70 bits per heavy atom. The highest BCUT2D eigenvalue weighted by Crippen LogP contribution is 2.19. The summed E-state index contributed by atoms with van der Waals surface area (Å²) in [7, 11) is 0. The molecule has 0 heterocycles. The quantitative estimate of drug-likeness (QED) is 0.862. The van der Waals surface area contributed by atoms with Gasteiger partial charge in [0.15, 0.2) is 6.61 Å². The number of amides is 1. The highest BCUT2D eigenvalue weighted by atomic mass is 35.5. The van der Waals surface area contributed by atoms with Crippen LogP contribution in [0.1, 0.15) is 21.5 Å². The summed E-state index contributed by atoms with van der Waals surface area (Å²) in [5.41, 5.74) is 2.07. The second kappa shape index (κ2) is 7.24. The second-order valence-corrected chi connectivity index (χ2v) is 5.43. The summed E-state index contributed by atoms with van der Waals surface area (Å²) in [6.07, 6.45) is 0. The Hall–Kier alpha value is -2.40. The third-order valence-electron chi connectivity index (χ3n) is 3.36. The lowest BCUT2D eigenvalue weighted by atomic mass is 10.0. The van der Waals surface area contributed by atoms with E-state index in [0.717, 1.165) is 17.2 Å². The normalized spacial score (nSPS) is 10.3. The van der Waals surface area contributed by atoms with Crippen molar-refractivity contribution in [3.05, 3.63) is 63.9 Å².